The van der Waals surface area contributed by atoms with Gasteiger partial charge in [0.15, 0.2) is 0 Å². The maximum atomic E-state index is 12.9. The van der Waals surface area contributed by atoms with Gasteiger partial charge in [0.1, 0.15) is 0 Å². The van der Waals surface area contributed by atoms with E-state index in [9.17, 15) is 4.79 Å². The molecule has 2 aliphatic rings. The van der Waals surface area contributed by atoms with Crippen molar-refractivity contribution in [2.75, 3.05) is 5.01 Å². The fourth-order valence-electron chi connectivity index (χ4n) is 3.41. The highest BCUT2D eigenvalue weighted by Crippen LogP contribution is 2.36. The molecule has 1 aliphatic heterocycles. The first-order chi connectivity index (χ1) is 11.3. The lowest BCUT2D eigenvalue weighted by molar-refractivity contribution is -0.123. The Hall–Kier alpha value is -2.68. The molecule has 0 fully saturated rings. The second-order valence-electron chi connectivity index (χ2n) is 5.99. The van der Waals surface area contributed by atoms with Crippen LogP contribution in [0.1, 0.15) is 18.4 Å². The lowest BCUT2D eigenvalue weighted by atomic mass is 9.76. The number of hydrogen-bond donors (Lipinski definition) is 0. The Morgan fingerprint density at radius 3 is 2.13 bits per heavy atom. The molecule has 0 saturated carbocycles. The molecule has 3 heteroatoms. The number of benzene rings is 2. The molecule has 0 saturated heterocycles. The fraction of sp³-hybridized carbons (Fsp3) is 0.200. The summed E-state index contributed by atoms with van der Waals surface area (Å²) >= 11 is 0. The first-order valence-corrected chi connectivity index (χ1v) is 8.02. The molecular formula is C20H18N2O. The molecule has 1 amide bonds. The van der Waals surface area contributed by atoms with Gasteiger partial charge in [-0.1, -0.05) is 60.7 Å². The number of hydrogen-bond acceptors (Lipinski definition) is 2. The number of amides is 1. The second kappa shape index (κ2) is 5.84. The summed E-state index contributed by atoms with van der Waals surface area (Å²) in [6.07, 6.45) is 5.96. The predicted molar refractivity (Wildman–Crippen MR) is 92.3 cm³/mol. The first-order valence-electron chi connectivity index (χ1n) is 8.02. The molecule has 0 bridgehead atoms. The van der Waals surface area contributed by atoms with Gasteiger partial charge in [-0.05, 0) is 30.5 Å². The third-order valence-corrected chi connectivity index (χ3v) is 4.59. The molecule has 1 heterocycles. The van der Waals surface area contributed by atoms with Gasteiger partial charge in [0.25, 0.3) is 5.91 Å². The molecule has 0 radical (unpaired) electrons. The van der Waals surface area contributed by atoms with E-state index in [4.69, 9.17) is 5.10 Å². The number of hydrazone groups is 1. The highest BCUT2D eigenvalue weighted by atomic mass is 16.2. The average molecular weight is 302 g/mol. The van der Waals surface area contributed by atoms with Gasteiger partial charge >= 0.3 is 0 Å². The molecular weight excluding hydrogens is 284 g/mol. The Bertz CT molecular complexity index is 765. The van der Waals surface area contributed by atoms with E-state index in [0.29, 0.717) is 0 Å². The molecule has 114 valence electrons. The predicted octanol–water partition coefficient (Wildman–Crippen LogP) is 4.02. The number of carbonyl (C=O) groups is 1. The summed E-state index contributed by atoms with van der Waals surface area (Å²) in [5.74, 6) is 0.257. The van der Waals surface area contributed by atoms with Crippen molar-refractivity contribution < 1.29 is 4.79 Å². The molecule has 0 unspecified atom stereocenters. The lowest BCUT2D eigenvalue weighted by Gasteiger charge is -2.36. The molecule has 2 aromatic carbocycles. The van der Waals surface area contributed by atoms with E-state index in [-0.39, 0.29) is 17.7 Å². The van der Waals surface area contributed by atoms with Crippen molar-refractivity contribution in [3.05, 3.63) is 78.4 Å². The zero-order valence-electron chi connectivity index (χ0n) is 12.8. The van der Waals surface area contributed by atoms with E-state index in [1.807, 2.05) is 48.5 Å². The molecule has 0 N–H and O–H groups in total. The molecule has 2 atom stereocenters. The fourth-order valence-corrected chi connectivity index (χ4v) is 3.41. The highest BCUT2D eigenvalue weighted by Gasteiger charge is 2.40. The number of carbonyl (C=O) groups excluding carboxylic acids is 1. The number of rotatable bonds is 2. The van der Waals surface area contributed by atoms with Crippen molar-refractivity contribution in [3.8, 4) is 0 Å². The van der Waals surface area contributed by atoms with Gasteiger partial charge in [-0.25, -0.2) is 5.01 Å². The zero-order chi connectivity index (χ0) is 15.6. The van der Waals surface area contributed by atoms with Crippen molar-refractivity contribution in [2.24, 2.45) is 16.9 Å². The second-order valence-corrected chi connectivity index (χ2v) is 5.99. The van der Waals surface area contributed by atoms with Gasteiger partial charge in [0.05, 0.1) is 17.3 Å². The monoisotopic (exact) mass is 302 g/mol. The summed E-state index contributed by atoms with van der Waals surface area (Å²) in [6, 6.07) is 19.9. The quantitative estimate of drug-likeness (QED) is 0.771. The molecule has 0 aromatic heterocycles. The van der Waals surface area contributed by atoms with Crippen molar-refractivity contribution in [1.29, 1.82) is 0 Å². The zero-order valence-corrected chi connectivity index (χ0v) is 12.8. The number of fused-ring (bicyclic) bond motifs is 1. The Balaban J connectivity index is 1.83. The Labute approximate surface area is 135 Å². The van der Waals surface area contributed by atoms with Gasteiger partial charge in [-0.2, -0.15) is 5.10 Å². The molecule has 23 heavy (non-hydrogen) atoms. The van der Waals surface area contributed by atoms with Crippen molar-refractivity contribution in [1.82, 2.24) is 0 Å². The van der Waals surface area contributed by atoms with Crippen LogP contribution in [0.4, 0.5) is 5.69 Å². The van der Waals surface area contributed by atoms with Gasteiger partial charge in [0.2, 0.25) is 0 Å². The number of nitrogens with zero attached hydrogens (tertiary/aromatic N) is 2. The minimum atomic E-state index is -0.0205. The highest BCUT2D eigenvalue weighted by molar-refractivity contribution is 6.11. The summed E-state index contributed by atoms with van der Waals surface area (Å²) in [5, 5.41) is 6.34. The van der Waals surface area contributed by atoms with Crippen LogP contribution in [0.5, 0.6) is 0 Å². The number of anilines is 1. The van der Waals surface area contributed by atoms with Gasteiger partial charge in [-0.3, -0.25) is 4.79 Å². The summed E-state index contributed by atoms with van der Waals surface area (Å²) in [4.78, 5) is 12.9. The van der Waals surface area contributed by atoms with Gasteiger partial charge in [-0.15, -0.1) is 0 Å². The van der Waals surface area contributed by atoms with Crippen LogP contribution in [-0.4, -0.2) is 11.6 Å². The van der Waals surface area contributed by atoms with Crippen LogP contribution in [0.2, 0.25) is 0 Å². The SMILES string of the molecule is O=C1[C@H]2CC=CC[C@H]2C(c2ccccc2)=NN1c1ccccc1. The number of para-hydroxylation sites is 1. The van der Waals surface area contributed by atoms with Gasteiger partial charge < -0.3 is 0 Å². The van der Waals surface area contributed by atoms with E-state index in [1.165, 1.54) is 0 Å². The smallest absolute Gasteiger partial charge is 0.251 e. The minimum absolute atomic E-state index is 0.0205. The standard InChI is InChI=1S/C20H18N2O/c23-20-18-14-8-7-13-17(18)19(15-9-3-1-4-10-15)21-22(20)16-11-5-2-6-12-16/h1-12,17-18H,13-14H2/t17-,18+/m1/s1. The average Bonchev–Trinajstić information content (AvgIpc) is 2.64. The first kappa shape index (κ1) is 13.9. The molecule has 2 aromatic rings. The minimum Gasteiger partial charge on any atom is -0.272 e. The van der Waals surface area contributed by atoms with Crippen LogP contribution in [-0.2, 0) is 4.79 Å². The van der Waals surface area contributed by atoms with Crippen LogP contribution >= 0.6 is 0 Å². The van der Waals surface area contributed by atoms with Gasteiger partial charge in [0, 0.05) is 5.92 Å². The molecule has 1 aliphatic carbocycles. The molecule has 4 rings (SSSR count). The van der Waals surface area contributed by atoms with Crippen LogP contribution in [0.3, 0.4) is 0 Å². The normalized spacial score (nSPS) is 23.4. The van der Waals surface area contributed by atoms with Crippen molar-refractivity contribution in [3.63, 3.8) is 0 Å². The number of allylic oxidation sites excluding steroid dienone is 2. The van der Waals surface area contributed by atoms with E-state index in [2.05, 4.69) is 24.3 Å². The maximum Gasteiger partial charge on any atom is 0.251 e. The Morgan fingerprint density at radius 1 is 0.826 bits per heavy atom. The lowest BCUT2D eigenvalue weighted by Crippen LogP contribution is -2.45. The third-order valence-electron chi connectivity index (χ3n) is 4.59. The maximum absolute atomic E-state index is 12.9. The van der Waals surface area contributed by atoms with E-state index in [1.54, 1.807) is 5.01 Å². The molecule has 3 nitrogen and oxygen atoms in total. The Kier molecular flexibility index (Phi) is 3.54. The topological polar surface area (TPSA) is 32.7 Å². The van der Waals surface area contributed by atoms with Crippen LogP contribution in [0.25, 0.3) is 0 Å². The molecule has 0 spiro atoms. The van der Waals surface area contributed by atoms with E-state index >= 15 is 0 Å². The summed E-state index contributed by atoms with van der Waals surface area (Å²) in [5.41, 5.74) is 2.95. The Morgan fingerprint density at radius 2 is 1.43 bits per heavy atom. The van der Waals surface area contributed by atoms with Crippen molar-refractivity contribution in [2.45, 2.75) is 12.8 Å². The summed E-state index contributed by atoms with van der Waals surface area (Å²) in [6.45, 7) is 0. The third kappa shape index (κ3) is 2.48. The van der Waals surface area contributed by atoms with Crippen LogP contribution in [0, 0.1) is 11.8 Å². The van der Waals surface area contributed by atoms with Crippen LogP contribution in [0.15, 0.2) is 77.9 Å². The van der Waals surface area contributed by atoms with E-state index in [0.717, 1.165) is 29.8 Å². The summed E-state index contributed by atoms with van der Waals surface area (Å²) < 4.78 is 0. The van der Waals surface area contributed by atoms with Crippen LogP contribution < -0.4 is 5.01 Å². The summed E-state index contributed by atoms with van der Waals surface area (Å²) in [7, 11) is 0. The largest absolute Gasteiger partial charge is 0.272 e. The van der Waals surface area contributed by atoms with E-state index < -0.39 is 0 Å². The van der Waals surface area contributed by atoms with Crippen molar-refractivity contribution >= 4 is 17.3 Å².